The molecule has 4 atom stereocenters. The maximum absolute atomic E-state index is 13.8. The lowest BCUT2D eigenvalue weighted by molar-refractivity contribution is -0.129. The van der Waals surface area contributed by atoms with Crippen LogP contribution in [0.15, 0.2) is 17.3 Å². The zero-order chi connectivity index (χ0) is 25.9. The quantitative estimate of drug-likeness (QED) is 0.492. The van der Waals surface area contributed by atoms with Crippen LogP contribution in [0, 0.1) is 5.41 Å². The van der Waals surface area contributed by atoms with Gasteiger partial charge >= 0.3 is 0 Å². The highest BCUT2D eigenvalue weighted by atomic mass is 16.5. The highest BCUT2D eigenvalue weighted by Crippen LogP contribution is 2.47. The summed E-state index contributed by atoms with van der Waals surface area (Å²) in [5.74, 6) is 0.748. The smallest absolute Gasteiger partial charge is 0.228 e. The third-order valence-corrected chi connectivity index (χ3v) is 8.08. The fourth-order valence-electron chi connectivity index (χ4n) is 6.14. The molecule has 0 radical (unpaired) electrons. The number of rotatable bonds is 9. The second-order valence-corrected chi connectivity index (χ2v) is 10.7. The van der Waals surface area contributed by atoms with E-state index < -0.39 is 5.41 Å². The Kier molecular flexibility index (Phi) is 8.30. The molecule has 1 aromatic rings. The molecule has 0 amide bonds. The van der Waals surface area contributed by atoms with E-state index in [4.69, 9.17) is 15.2 Å². The number of allylic oxidation sites excluding steroid dienone is 2. The zero-order valence-corrected chi connectivity index (χ0v) is 22.1. The van der Waals surface area contributed by atoms with Gasteiger partial charge < -0.3 is 20.5 Å². The van der Waals surface area contributed by atoms with Crippen molar-refractivity contribution in [3.63, 3.8) is 0 Å². The normalized spacial score (nSPS) is 26.8. The van der Waals surface area contributed by atoms with E-state index in [9.17, 15) is 9.59 Å². The highest BCUT2D eigenvalue weighted by Gasteiger charge is 2.46. The van der Waals surface area contributed by atoms with E-state index in [1.165, 1.54) is 0 Å². The topological polar surface area (TPSA) is 120 Å². The number of Topliss-reactive ketones (excluding diaryl/α,β-unsaturated/α-hetero) is 2. The molecule has 3 N–H and O–H groups in total. The van der Waals surface area contributed by atoms with Gasteiger partial charge in [-0.25, -0.2) is 4.98 Å². The standard InChI is InChI=1S/C27H41N5O4/c1-17(16-35-4)29-22-15-23(36-18(2)20-10-8-14-32(20)3)31-26(30-22)24(34)19-9-7-13-27(25(19)28)12-6-5-11-21(27)33/h15,17-18,20H,5-14,16,28H2,1-4H3,(H,29,30,31)/t17-,18-,20-,27+/m0/s1. The number of nitrogens with one attached hydrogen (secondary N) is 1. The number of carbonyl (C=O) groups excluding carboxylic acids is 2. The van der Waals surface area contributed by atoms with Gasteiger partial charge in [-0.05, 0) is 72.4 Å². The van der Waals surface area contributed by atoms with Gasteiger partial charge in [-0.1, -0.05) is 6.42 Å². The maximum Gasteiger partial charge on any atom is 0.228 e. The van der Waals surface area contributed by atoms with Gasteiger partial charge in [-0.2, -0.15) is 4.98 Å². The maximum atomic E-state index is 13.8. The zero-order valence-electron chi connectivity index (χ0n) is 22.1. The first-order valence-corrected chi connectivity index (χ1v) is 13.3. The van der Waals surface area contributed by atoms with Gasteiger partial charge in [0.2, 0.25) is 17.5 Å². The predicted molar refractivity (Wildman–Crippen MR) is 138 cm³/mol. The lowest BCUT2D eigenvalue weighted by Crippen LogP contribution is -2.42. The number of hydrogen-bond donors (Lipinski definition) is 2. The van der Waals surface area contributed by atoms with Gasteiger partial charge in [-0.15, -0.1) is 0 Å². The van der Waals surface area contributed by atoms with Gasteiger partial charge in [0, 0.05) is 43.0 Å². The van der Waals surface area contributed by atoms with Crippen LogP contribution in [-0.4, -0.2) is 71.9 Å². The van der Waals surface area contributed by atoms with E-state index in [0.29, 0.717) is 55.3 Å². The van der Waals surface area contributed by atoms with Gasteiger partial charge in [0.05, 0.1) is 12.0 Å². The second-order valence-electron chi connectivity index (χ2n) is 10.7. The minimum Gasteiger partial charge on any atom is -0.473 e. The molecule has 1 spiro atoms. The van der Waals surface area contributed by atoms with E-state index in [1.807, 2.05) is 13.8 Å². The number of anilines is 1. The number of nitrogens with zero attached hydrogens (tertiary/aromatic N) is 3. The summed E-state index contributed by atoms with van der Waals surface area (Å²) in [4.78, 5) is 38.1. The third kappa shape index (κ3) is 5.42. The summed E-state index contributed by atoms with van der Waals surface area (Å²) in [5, 5.41) is 3.29. The van der Waals surface area contributed by atoms with Crippen molar-refractivity contribution in [2.24, 2.45) is 11.1 Å². The van der Waals surface area contributed by atoms with Crippen LogP contribution in [0.25, 0.3) is 0 Å². The number of carbonyl (C=O) groups is 2. The Bertz CT molecular complexity index is 1010. The molecule has 3 aliphatic rings. The molecule has 1 saturated carbocycles. The Labute approximate surface area is 214 Å². The minimum absolute atomic E-state index is 0.0267. The minimum atomic E-state index is -0.703. The van der Waals surface area contributed by atoms with Crippen LogP contribution in [0.2, 0.25) is 0 Å². The third-order valence-electron chi connectivity index (χ3n) is 8.08. The van der Waals surface area contributed by atoms with E-state index in [-0.39, 0.29) is 35.6 Å². The van der Waals surface area contributed by atoms with Crippen molar-refractivity contribution in [1.82, 2.24) is 14.9 Å². The van der Waals surface area contributed by atoms with Crippen molar-refractivity contribution in [3.8, 4) is 5.88 Å². The van der Waals surface area contributed by atoms with Crippen LogP contribution >= 0.6 is 0 Å². The van der Waals surface area contributed by atoms with Crippen molar-refractivity contribution in [1.29, 1.82) is 0 Å². The molecule has 4 rings (SSSR count). The molecular formula is C27H41N5O4. The summed E-state index contributed by atoms with van der Waals surface area (Å²) in [6.45, 7) is 5.54. The fraction of sp³-hybridized carbons (Fsp3) is 0.704. The van der Waals surface area contributed by atoms with E-state index >= 15 is 0 Å². The fourth-order valence-corrected chi connectivity index (χ4v) is 6.14. The first-order valence-electron chi connectivity index (χ1n) is 13.3. The molecule has 9 nitrogen and oxygen atoms in total. The number of ether oxygens (including phenoxy) is 2. The number of ketones is 2. The summed E-state index contributed by atoms with van der Waals surface area (Å²) in [7, 11) is 3.74. The van der Waals surface area contributed by atoms with Crippen molar-refractivity contribution in [2.75, 3.05) is 32.6 Å². The number of likely N-dealkylation sites (tertiary alicyclic amines) is 1. The van der Waals surface area contributed by atoms with Crippen LogP contribution in [0.1, 0.15) is 82.3 Å². The summed E-state index contributed by atoms with van der Waals surface area (Å²) in [6.07, 6.45) is 7.18. The van der Waals surface area contributed by atoms with Crippen LogP contribution in [0.4, 0.5) is 5.82 Å². The molecule has 1 aromatic heterocycles. The molecular weight excluding hydrogens is 458 g/mol. The Morgan fingerprint density at radius 2 is 2.00 bits per heavy atom. The average molecular weight is 500 g/mol. The van der Waals surface area contributed by atoms with Crippen molar-refractivity contribution in [3.05, 3.63) is 23.2 Å². The molecule has 36 heavy (non-hydrogen) atoms. The second kappa shape index (κ2) is 11.3. The van der Waals surface area contributed by atoms with Crippen LogP contribution in [0.3, 0.4) is 0 Å². The summed E-state index contributed by atoms with van der Waals surface area (Å²) >= 11 is 0. The predicted octanol–water partition coefficient (Wildman–Crippen LogP) is 3.49. The van der Waals surface area contributed by atoms with E-state index in [0.717, 1.165) is 38.6 Å². The van der Waals surface area contributed by atoms with Crippen molar-refractivity contribution < 1.29 is 19.1 Å². The molecule has 1 saturated heterocycles. The number of aromatic nitrogens is 2. The first kappa shape index (κ1) is 26.5. The number of methoxy groups -OCH3 is 1. The van der Waals surface area contributed by atoms with Gasteiger partial charge in [-0.3, -0.25) is 14.5 Å². The van der Waals surface area contributed by atoms with Gasteiger partial charge in [0.25, 0.3) is 0 Å². The van der Waals surface area contributed by atoms with Crippen LogP contribution in [0.5, 0.6) is 5.88 Å². The molecule has 198 valence electrons. The first-order chi connectivity index (χ1) is 17.2. The number of hydrogen-bond acceptors (Lipinski definition) is 9. The van der Waals surface area contributed by atoms with E-state index in [1.54, 1.807) is 13.2 Å². The number of nitrogens with two attached hydrogens (primary N) is 1. The lowest BCUT2D eigenvalue weighted by Gasteiger charge is -2.40. The summed E-state index contributed by atoms with van der Waals surface area (Å²) < 4.78 is 11.5. The molecule has 0 bridgehead atoms. The molecule has 2 fully saturated rings. The van der Waals surface area contributed by atoms with Crippen LogP contribution in [-0.2, 0) is 9.53 Å². The average Bonchev–Trinajstić information content (AvgIpc) is 3.28. The van der Waals surface area contributed by atoms with Gasteiger partial charge in [0.1, 0.15) is 17.7 Å². The highest BCUT2D eigenvalue weighted by molar-refractivity contribution is 6.08. The monoisotopic (exact) mass is 499 g/mol. The van der Waals surface area contributed by atoms with Crippen molar-refractivity contribution >= 4 is 17.4 Å². The SMILES string of the molecule is COC[C@H](C)Nc1cc(O[C@@H](C)[C@@H]2CCCN2C)nc(C(=O)C2=C(N)[C@]3(CCCCC3=O)CCC2)n1. The van der Waals surface area contributed by atoms with Gasteiger partial charge in [0.15, 0.2) is 0 Å². The largest absolute Gasteiger partial charge is 0.473 e. The molecule has 0 aromatic carbocycles. The molecule has 2 aliphatic carbocycles. The summed E-state index contributed by atoms with van der Waals surface area (Å²) in [5.41, 5.74) is 6.81. The lowest BCUT2D eigenvalue weighted by atomic mass is 9.64. The van der Waals surface area contributed by atoms with Crippen molar-refractivity contribution in [2.45, 2.75) is 89.8 Å². The molecule has 9 heteroatoms. The van der Waals surface area contributed by atoms with E-state index in [2.05, 4.69) is 27.2 Å². The summed E-state index contributed by atoms with van der Waals surface area (Å²) in [6, 6.07) is 2.00. The Morgan fingerprint density at radius 3 is 2.69 bits per heavy atom. The molecule has 0 unspecified atom stereocenters. The Morgan fingerprint density at radius 1 is 1.22 bits per heavy atom. The Balaban J connectivity index is 1.66. The Hall–Kier alpha value is -2.52. The number of likely N-dealkylation sites (N-methyl/N-ethyl adjacent to an activating group) is 1. The van der Waals surface area contributed by atoms with Crippen LogP contribution < -0.4 is 15.8 Å². The molecule has 1 aliphatic heterocycles. The molecule has 2 heterocycles.